The van der Waals surface area contributed by atoms with Gasteiger partial charge in [-0.3, -0.25) is 4.79 Å². The van der Waals surface area contributed by atoms with E-state index in [1.807, 2.05) is 0 Å². The normalized spacial score (nSPS) is 11.3. The third-order valence-electron chi connectivity index (χ3n) is 2.69. The molecule has 0 spiro atoms. The highest BCUT2D eigenvalue weighted by Crippen LogP contribution is 2.05. The Balaban J connectivity index is 2.38. The van der Waals surface area contributed by atoms with E-state index in [2.05, 4.69) is 36.5 Å². The van der Waals surface area contributed by atoms with Crippen molar-refractivity contribution in [3.63, 3.8) is 0 Å². The molecule has 3 nitrogen and oxygen atoms in total. The predicted octanol–water partition coefficient (Wildman–Crippen LogP) is 1.68. The Kier molecular flexibility index (Phi) is 4.70. The number of rotatable bonds is 5. The third kappa shape index (κ3) is 4.57. The molecule has 17 heavy (non-hydrogen) atoms. The van der Waals surface area contributed by atoms with Gasteiger partial charge in [0, 0.05) is 6.54 Å². The molecule has 3 heteroatoms. The SMILES string of the molecule is CCc1ccc(CCNC(=O)C(C)(C)O)cc1. The minimum atomic E-state index is -1.30. The van der Waals surface area contributed by atoms with Crippen LogP contribution in [0.5, 0.6) is 0 Å². The zero-order valence-electron chi connectivity index (χ0n) is 10.8. The van der Waals surface area contributed by atoms with Gasteiger partial charge < -0.3 is 10.4 Å². The first kappa shape index (κ1) is 13.7. The minimum absolute atomic E-state index is 0.331. The quantitative estimate of drug-likeness (QED) is 0.815. The van der Waals surface area contributed by atoms with Crippen LogP contribution < -0.4 is 5.32 Å². The Bertz CT molecular complexity index is 363. The van der Waals surface area contributed by atoms with Gasteiger partial charge in [-0.15, -0.1) is 0 Å². The van der Waals surface area contributed by atoms with Crippen molar-refractivity contribution in [2.75, 3.05) is 6.54 Å². The number of hydrogen-bond acceptors (Lipinski definition) is 2. The van der Waals surface area contributed by atoms with E-state index < -0.39 is 5.60 Å². The van der Waals surface area contributed by atoms with Crippen molar-refractivity contribution in [2.45, 2.75) is 39.2 Å². The van der Waals surface area contributed by atoms with E-state index in [9.17, 15) is 9.90 Å². The summed E-state index contributed by atoms with van der Waals surface area (Å²) in [5.41, 5.74) is 1.21. The second kappa shape index (κ2) is 5.82. The molecular formula is C14H21NO2. The molecule has 0 aliphatic rings. The summed E-state index contributed by atoms with van der Waals surface area (Å²) >= 11 is 0. The van der Waals surface area contributed by atoms with Gasteiger partial charge in [-0.05, 0) is 37.8 Å². The molecule has 0 heterocycles. The topological polar surface area (TPSA) is 49.3 Å². The van der Waals surface area contributed by atoms with Crippen molar-refractivity contribution >= 4 is 5.91 Å². The van der Waals surface area contributed by atoms with Crippen molar-refractivity contribution in [1.82, 2.24) is 5.32 Å². The van der Waals surface area contributed by atoms with Crippen LogP contribution in [0.2, 0.25) is 0 Å². The Morgan fingerprint density at radius 1 is 1.24 bits per heavy atom. The second-order valence-corrected chi connectivity index (χ2v) is 4.73. The summed E-state index contributed by atoms with van der Waals surface area (Å²) in [4.78, 5) is 11.4. The van der Waals surface area contributed by atoms with Crippen LogP contribution in [0.25, 0.3) is 0 Å². The highest BCUT2D eigenvalue weighted by molar-refractivity contribution is 5.83. The standard InChI is InChI=1S/C14H21NO2/c1-4-11-5-7-12(8-6-11)9-10-15-13(16)14(2,3)17/h5-8,17H,4,9-10H2,1-3H3,(H,15,16). The maximum Gasteiger partial charge on any atom is 0.251 e. The summed E-state index contributed by atoms with van der Waals surface area (Å²) in [5, 5.41) is 12.2. The summed E-state index contributed by atoms with van der Waals surface area (Å²) in [6.45, 7) is 5.64. The molecule has 0 aromatic heterocycles. The van der Waals surface area contributed by atoms with Crippen LogP contribution in [-0.4, -0.2) is 23.2 Å². The number of carbonyl (C=O) groups excluding carboxylic acids is 1. The largest absolute Gasteiger partial charge is 0.381 e. The van der Waals surface area contributed by atoms with Crippen molar-refractivity contribution < 1.29 is 9.90 Å². The molecule has 1 rings (SSSR count). The lowest BCUT2D eigenvalue weighted by atomic mass is 10.1. The van der Waals surface area contributed by atoms with E-state index in [-0.39, 0.29) is 5.91 Å². The Hall–Kier alpha value is -1.35. The molecule has 0 unspecified atom stereocenters. The maximum atomic E-state index is 11.4. The highest BCUT2D eigenvalue weighted by Gasteiger charge is 2.22. The molecule has 0 saturated heterocycles. The van der Waals surface area contributed by atoms with Crippen LogP contribution in [0.4, 0.5) is 0 Å². The van der Waals surface area contributed by atoms with Gasteiger partial charge >= 0.3 is 0 Å². The van der Waals surface area contributed by atoms with Gasteiger partial charge in [-0.1, -0.05) is 31.2 Å². The summed E-state index contributed by atoms with van der Waals surface area (Å²) < 4.78 is 0. The van der Waals surface area contributed by atoms with Gasteiger partial charge in [-0.2, -0.15) is 0 Å². The van der Waals surface area contributed by atoms with Crippen LogP contribution >= 0.6 is 0 Å². The molecule has 0 atom stereocenters. The first-order valence-electron chi connectivity index (χ1n) is 6.02. The number of hydrogen-bond donors (Lipinski definition) is 2. The van der Waals surface area contributed by atoms with Crippen molar-refractivity contribution in [3.05, 3.63) is 35.4 Å². The Labute approximate surface area is 103 Å². The van der Waals surface area contributed by atoms with Crippen LogP contribution in [0, 0.1) is 0 Å². The fourth-order valence-corrected chi connectivity index (χ4v) is 1.48. The average Bonchev–Trinajstić information content (AvgIpc) is 2.28. The Morgan fingerprint density at radius 3 is 2.24 bits per heavy atom. The molecule has 0 bridgehead atoms. The number of amides is 1. The zero-order chi connectivity index (χ0) is 12.9. The van der Waals surface area contributed by atoms with E-state index in [0.29, 0.717) is 6.54 Å². The molecular weight excluding hydrogens is 214 g/mol. The Morgan fingerprint density at radius 2 is 1.76 bits per heavy atom. The van der Waals surface area contributed by atoms with Crippen molar-refractivity contribution in [3.8, 4) is 0 Å². The van der Waals surface area contributed by atoms with Crippen molar-refractivity contribution in [1.29, 1.82) is 0 Å². The van der Waals surface area contributed by atoms with Crippen LogP contribution in [0.1, 0.15) is 31.9 Å². The monoisotopic (exact) mass is 235 g/mol. The first-order valence-corrected chi connectivity index (χ1v) is 6.02. The lowest BCUT2D eigenvalue weighted by Gasteiger charge is -2.16. The average molecular weight is 235 g/mol. The van der Waals surface area contributed by atoms with E-state index in [1.165, 1.54) is 25.0 Å². The van der Waals surface area contributed by atoms with E-state index in [1.54, 1.807) is 0 Å². The van der Waals surface area contributed by atoms with Gasteiger partial charge in [0.05, 0.1) is 0 Å². The summed E-state index contributed by atoms with van der Waals surface area (Å²) in [5.74, 6) is -0.331. The molecule has 1 amide bonds. The molecule has 0 fully saturated rings. The number of aliphatic hydroxyl groups is 1. The molecule has 0 radical (unpaired) electrons. The number of carbonyl (C=O) groups is 1. The van der Waals surface area contributed by atoms with Gasteiger partial charge in [-0.25, -0.2) is 0 Å². The fraction of sp³-hybridized carbons (Fsp3) is 0.500. The molecule has 0 aliphatic carbocycles. The molecule has 1 aromatic carbocycles. The summed E-state index contributed by atoms with van der Waals surface area (Å²) in [7, 11) is 0. The lowest BCUT2D eigenvalue weighted by molar-refractivity contribution is -0.136. The van der Waals surface area contributed by atoms with Gasteiger partial charge in [0.1, 0.15) is 5.60 Å². The third-order valence-corrected chi connectivity index (χ3v) is 2.69. The molecule has 0 saturated carbocycles. The predicted molar refractivity (Wildman–Crippen MR) is 68.8 cm³/mol. The summed E-state index contributed by atoms with van der Waals surface area (Å²) in [6, 6.07) is 8.37. The minimum Gasteiger partial charge on any atom is -0.381 e. The van der Waals surface area contributed by atoms with Gasteiger partial charge in [0.15, 0.2) is 0 Å². The fourth-order valence-electron chi connectivity index (χ4n) is 1.48. The number of aryl methyl sites for hydroxylation is 1. The number of nitrogens with one attached hydrogen (secondary N) is 1. The smallest absolute Gasteiger partial charge is 0.251 e. The van der Waals surface area contributed by atoms with Crippen LogP contribution in [0.3, 0.4) is 0 Å². The lowest BCUT2D eigenvalue weighted by Crippen LogP contribution is -2.42. The first-order chi connectivity index (χ1) is 7.93. The van der Waals surface area contributed by atoms with E-state index in [4.69, 9.17) is 0 Å². The maximum absolute atomic E-state index is 11.4. The van der Waals surface area contributed by atoms with Crippen molar-refractivity contribution in [2.24, 2.45) is 0 Å². The van der Waals surface area contributed by atoms with Crippen LogP contribution in [0.15, 0.2) is 24.3 Å². The highest BCUT2D eigenvalue weighted by atomic mass is 16.3. The summed E-state index contributed by atoms with van der Waals surface area (Å²) in [6.07, 6.45) is 1.82. The van der Waals surface area contributed by atoms with Crippen LogP contribution in [-0.2, 0) is 17.6 Å². The van der Waals surface area contributed by atoms with E-state index in [0.717, 1.165) is 12.8 Å². The van der Waals surface area contributed by atoms with Gasteiger partial charge in [0.25, 0.3) is 5.91 Å². The molecule has 1 aromatic rings. The molecule has 94 valence electrons. The second-order valence-electron chi connectivity index (χ2n) is 4.73. The van der Waals surface area contributed by atoms with E-state index >= 15 is 0 Å². The van der Waals surface area contributed by atoms with Gasteiger partial charge in [0.2, 0.25) is 0 Å². The zero-order valence-corrected chi connectivity index (χ0v) is 10.8. The number of benzene rings is 1. The molecule has 0 aliphatic heterocycles. The molecule has 2 N–H and O–H groups in total.